The van der Waals surface area contributed by atoms with Gasteiger partial charge in [0.05, 0.1) is 26.0 Å². The number of anilines is 1. The van der Waals surface area contributed by atoms with Gasteiger partial charge in [0.25, 0.3) is 5.91 Å². The summed E-state index contributed by atoms with van der Waals surface area (Å²) >= 11 is 5.71. The minimum Gasteiger partial charge on any atom is -0.494 e. The second-order valence-corrected chi connectivity index (χ2v) is 8.73. The standard InChI is InChI=1S/C29H30N2O5S/c1-5-19-8-12-21(13-9-19)31-28(33)25(30(29(31)37)18-27(32)34-4)17-24-23-16-22(35-6-2)14-10-20(23)11-15-26(24)36-7-3/h8-17H,5-7,18H2,1-4H3/b25-17-. The zero-order chi connectivity index (χ0) is 26.5. The molecule has 1 aliphatic rings. The van der Waals surface area contributed by atoms with Gasteiger partial charge in [-0.05, 0) is 85.2 Å². The van der Waals surface area contributed by atoms with Gasteiger partial charge in [-0.25, -0.2) is 0 Å². The largest absolute Gasteiger partial charge is 0.494 e. The van der Waals surface area contributed by atoms with Gasteiger partial charge in [-0.1, -0.05) is 31.2 Å². The first-order valence-corrected chi connectivity index (χ1v) is 12.7. The van der Waals surface area contributed by atoms with Gasteiger partial charge in [0.1, 0.15) is 23.7 Å². The Balaban J connectivity index is 1.89. The minimum atomic E-state index is -0.509. The molecule has 0 radical (unpaired) electrons. The highest BCUT2D eigenvalue weighted by atomic mass is 32.1. The zero-order valence-electron chi connectivity index (χ0n) is 21.4. The number of hydrogen-bond donors (Lipinski definition) is 0. The molecule has 37 heavy (non-hydrogen) atoms. The van der Waals surface area contributed by atoms with Crippen LogP contribution in [0.5, 0.6) is 11.5 Å². The molecule has 3 aromatic carbocycles. The first-order chi connectivity index (χ1) is 17.9. The molecule has 3 aromatic rings. The third-order valence-electron chi connectivity index (χ3n) is 6.14. The SMILES string of the molecule is CCOc1ccc2ccc(OCC)c(/C=C3/C(=O)N(c4ccc(CC)cc4)C(=S)N3CC(=O)OC)c2c1. The number of hydrogen-bond acceptors (Lipinski definition) is 6. The van der Waals surface area contributed by atoms with E-state index in [9.17, 15) is 9.59 Å². The number of fused-ring (bicyclic) bond motifs is 1. The van der Waals surface area contributed by atoms with Crippen LogP contribution in [0.1, 0.15) is 31.9 Å². The molecule has 8 heteroatoms. The van der Waals surface area contributed by atoms with Crippen molar-refractivity contribution in [2.75, 3.05) is 31.8 Å². The van der Waals surface area contributed by atoms with Gasteiger partial charge in [0.2, 0.25) is 0 Å². The second kappa shape index (κ2) is 11.4. The lowest BCUT2D eigenvalue weighted by Crippen LogP contribution is -2.35. The smallest absolute Gasteiger partial charge is 0.325 e. The predicted octanol–water partition coefficient (Wildman–Crippen LogP) is 5.35. The molecule has 1 saturated heterocycles. The van der Waals surface area contributed by atoms with Gasteiger partial charge in [0.15, 0.2) is 5.11 Å². The summed E-state index contributed by atoms with van der Waals surface area (Å²) in [7, 11) is 1.31. The number of rotatable bonds is 9. The number of carbonyl (C=O) groups excluding carboxylic acids is 2. The van der Waals surface area contributed by atoms with Crippen molar-refractivity contribution in [2.45, 2.75) is 27.2 Å². The average Bonchev–Trinajstić information content (AvgIpc) is 3.14. The summed E-state index contributed by atoms with van der Waals surface area (Å²) in [6.45, 7) is 6.67. The molecule has 1 aliphatic heterocycles. The van der Waals surface area contributed by atoms with Crippen molar-refractivity contribution >= 4 is 51.7 Å². The summed E-state index contributed by atoms with van der Waals surface area (Å²) in [6.07, 6.45) is 2.62. The number of methoxy groups -OCH3 is 1. The Kier molecular flexibility index (Phi) is 8.08. The zero-order valence-corrected chi connectivity index (χ0v) is 22.3. The van der Waals surface area contributed by atoms with Crippen molar-refractivity contribution < 1.29 is 23.8 Å². The molecule has 0 atom stereocenters. The van der Waals surface area contributed by atoms with Crippen molar-refractivity contribution in [1.82, 2.24) is 4.90 Å². The van der Waals surface area contributed by atoms with Gasteiger partial charge < -0.3 is 19.1 Å². The third kappa shape index (κ3) is 5.29. The molecule has 0 aliphatic carbocycles. The molecule has 192 valence electrons. The number of benzene rings is 3. The highest BCUT2D eigenvalue weighted by Crippen LogP contribution is 2.36. The normalized spacial score (nSPS) is 14.5. The molecule has 7 nitrogen and oxygen atoms in total. The summed E-state index contributed by atoms with van der Waals surface area (Å²) in [4.78, 5) is 29.1. The van der Waals surface area contributed by atoms with Crippen molar-refractivity contribution in [2.24, 2.45) is 0 Å². The third-order valence-corrected chi connectivity index (χ3v) is 6.54. The van der Waals surface area contributed by atoms with E-state index in [-0.39, 0.29) is 23.3 Å². The van der Waals surface area contributed by atoms with Crippen LogP contribution in [0.2, 0.25) is 0 Å². The minimum absolute atomic E-state index is 0.199. The number of ether oxygens (including phenoxy) is 3. The Labute approximate surface area is 222 Å². The van der Waals surface area contributed by atoms with Crippen LogP contribution in [-0.4, -0.2) is 48.8 Å². The Morgan fingerprint density at radius 2 is 1.68 bits per heavy atom. The molecule has 1 fully saturated rings. The van der Waals surface area contributed by atoms with Crippen molar-refractivity contribution in [3.8, 4) is 11.5 Å². The maximum absolute atomic E-state index is 13.8. The average molecular weight is 519 g/mol. The summed E-state index contributed by atoms with van der Waals surface area (Å²) in [5.41, 5.74) is 2.73. The lowest BCUT2D eigenvalue weighted by atomic mass is 10.0. The summed E-state index contributed by atoms with van der Waals surface area (Å²) < 4.78 is 16.6. The molecular formula is C29H30N2O5S. The topological polar surface area (TPSA) is 68.3 Å². The summed E-state index contributed by atoms with van der Waals surface area (Å²) in [6, 6.07) is 17.3. The number of amides is 1. The van der Waals surface area contributed by atoms with E-state index in [1.165, 1.54) is 16.9 Å². The molecule has 0 N–H and O–H groups in total. The first kappa shape index (κ1) is 26.2. The fraction of sp³-hybridized carbons (Fsp3) is 0.276. The Morgan fingerprint density at radius 1 is 0.973 bits per heavy atom. The molecular weight excluding hydrogens is 488 g/mol. The lowest BCUT2D eigenvalue weighted by molar-refractivity contribution is -0.140. The highest BCUT2D eigenvalue weighted by Gasteiger charge is 2.40. The van der Waals surface area contributed by atoms with Gasteiger partial charge in [0, 0.05) is 5.56 Å². The first-order valence-electron chi connectivity index (χ1n) is 12.3. The van der Waals surface area contributed by atoms with Gasteiger partial charge >= 0.3 is 5.97 Å². The van der Waals surface area contributed by atoms with Crippen LogP contribution in [0.3, 0.4) is 0 Å². The van der Waals surface area contributed by atoms with E-state index < -0.39 is 5.97 Å². The van der Waals surface area contributed by atoms with Crippen molar-refractivity contribution in [1.29, 1.82) is 0 Å². The Morgan fingerprint density at radius 3 is 2.32 bits per heavy atom. The van der Waals surface area contributed by atoms with Crippen LogP contribution in [-0.2, 0) is 20.7 Å². The maximum atomic E-state index is 13.8. The summed E-state index contributed by atoms with van der Waals surface area (Å²) in [5, 5.41) is 2.02. The van der Waals surface area contributed by atoms with E-state index in [1.54, 1.807) is 6.08 Å². The van der Waals surface area contributed by atoms with Crippen LogP contribution in [0.25, 0.3) is 16.8 Å². The Bertz CT molecular complexity index is 1360. The van der Waals surface area contributed by atoms with E-state index in [0.29, 0.717) is 36.0 Å². The van der Waals surface area contributed by atoms with Crippen LogP contribution in [0.4, 0.5) is 5.69 Å². The second-order valence-electron chi connectivity index (χ2n) is 8.36. The highest BCUT2D eigenvalue weighted by molar-refractivity contribution is 7.80. The number of carbonyl (C=O) groups is 2. The maximum Gasteiger partial charge on any atom is 0.325 e. The van der Waals surface area contributed by atoms with Crippen LogP contribution in [0.15, 0.2) is 60.3 Å². The van der Waals surface area contributed by atoms with E-state index in [0.717, 1.165) is 22.8 Å². The van der Waals surface area contributed by atoms with E-state index in [4.69, 9.17) is 26.4 Å². The van der Waals surface area contributed by atoms with E-state index >= 15 is 0 Å². The van der Waals surface area contributed by atoms with E-state index in [2.05, 4.69) is 6.92 Å². The molecule has 0 bridgehead atoms. The van der Waals surface area contributed by atoms with Gasteiger partial charge in [-0.15, -0.1) is 0 Å². The number of aryl methyl sites for hydroxylation is 1. The Hall–Kier alpha value is -3.91. The number of thiocarbonyl (C=S) groups is 1. The van der Waals surface area contributed by atoms with Crippen LogP contribution in [0, 0.1) is 0 Å². The molecule has 1 amide bonds. The molecule has 1 heterocycles. The summed E-state index contributed by atoms with van der Waals surface area (Å²) in [5.74, 6) is 0.476. The fourth-order valence-electron chi connectivity index (χ4n) is 4.26. The molecule has 0 unspecified atom stereocenters. The molecule has 0 saturated carbocycles. The van der Waals surface area contributed by atoms with Gasteiger partial charge in [-0.2, -0.15) is 0 Å². The molecule has 0 spiro atoms. The lowest BCUT2D eigenvalue weighted by Gasteiger charge is -2.19. The van der Waals surface area contributed by atoms with Crippen molar-refractivity contribution in [3.63, 3.8) is 0 Å². The quantitative estimate of drug-likeness (QED) is 0.215. The van der Waals surface area contributed by atoms with Crippen molar-refractivity contribution in [3.05, 3.63) is 71.4 Å². The fourth-order valence-corrected chi connectivity index (χ4v) is 4.61. The predicted molar refractivity (Wildman–Crippen MR) is 149 cm³/mol. The molecule has 4 rings (SSSR count). The van der Waals surface area contributed by atoms with E-state index in [1.807, 2.05) is 68.4 Å². The van der Waals surface area contributed by atoms with Crippen LogP contribution < -0.4 is 14.4 Å². The van der Waals surface area contributed by atoms with Gasteiger partial charge in [-0.3, -0.25) is 14.5 Å². The number of esters is 1. The van der Waals surface area contributed by atoms with Crippen LogP contribution >= 0.6 is 12.2 Å². The monoisotopic (exact) mass is 518 g/mol. The molecule has 0 aromatic heterocycles. The number of nitrogens with zero attached hydrogens (tertiary/aromatic N) is 2.